The van der Waals surface area contributed by atoms with Gasteiger partial charge in [-0.1, -0.05) is 24.3 Å². The molecule has 0 saturated heterocycles. The lowest BCUT2D eigenvalue weighted by Crippen LogP contribution is -2.29. The summed E-state index contributed by atoms with van der Waals surface area (Å²) in [6.45, 7) is 1.51. The van der Waals surface area contributed by atoms with E-state index in [2.05, 4.69) is 5.32 Å². The first kappa shape index (κ1) is 19.1. The zero-order chi connectivity index (χ0) is 18.9. The number of methoxy groups -OCH3 is 2. The number of hydrogen-bond acceptors (Lipinski definition) is 5. The number of ether oxygens (including phenoxy) is 3. The first-order chi connectivity index (χ1) is 12.5. The Labute approximate surface area is 152 Å². The van der Waals surface area contributed by atoms with E-state index >= 15 is 0 Å². The van der Waals surface area contributed by atoms with E-state index in [4.69, 9.17) is 14.2 Å². The highest BCUT2D eigenvalue weighted by molar-refractivity contribution is 5.96. The highest BCUT2D eigenvalue weighted by Gasteiger charge is 2.16. The summed E-state index contributed by atoms with van der Waals surface area (Å²) in [6, 6.07) is 14.2. The molecule has 0 aliphatic rings. The molecule has 0 aliphatic heterocycles. The average Bonchev–Trinajstić information content (AvgIpc) is 2.66. The van der Waals surface area contributed by atoms with Gasteiger partial charge >= 0.3 is 5.97 Å². The second kappa shape index (κ2) is 9.27. The largest absolute Gasteiger partial charge is 0.493 e. The van der Waals surface area contributed by atoms with Gasteiger partial charge in [0.05, 0.1) is 14.2 Å². The molecule has 6 nitrogen and oxygen atoms in total. The van der Waals surface area contributed by atoms with E-state index in [-0.39, 0.29) is 0 Å². The number of para-hydroxylation sites is 1. The minimum Gasteiger partial charge on any atom is -0.493 e. The summed E-state index contributed by atoms with van der Waals surface area (Å²) in [5.74, 6) is 0.136. The predicted octanol–water partition coefficient (Wildman–Crippen LogP) is 3.29. The summed E-state index contributed by atoms with van der Waals surface area (Å²) >= 11 is 0. The van der Waals surface area contributed by atoms with E-state index in [1.54, 1.807) is 55.7 Å². The van der Waals surface area contributed by atoms with Crippen molar-refractivity contribution in [1.82, 2.24) is 0 Å². The van der Waals surface area contributed by atoms with Crippen molar-refractivity contribution in [2.24, 2.45) is 0 Å². The molecule has 26 heavy (non-hydrogen) atoms. The van der Waals surface area contributed by atoms with E-state index in [0.29, 0.717) is 17.2 Å². The van der Waals surface area contributed by atoms with Crippen molar-refractivity contribution in [2.45, 2.75) is 13.0 Å². The normalized spacial score (nSPS) is 11.7. The molecular weight excluding hydrogens is 334 g/mol. The molecule has 0 bridgehead atoms. The fraction of sp³-hybridized carbons (Fsp3) is 0.200. The molecule has 1 amide bonds. The van der Waals surface area contributed by atoms with E-state index in [1.165, 1.54) is 20.1 Å². The van der Waals surface area contributed by atoms with Crippen LogP contribution in [0.25, 0.3) is 6.08 Å². The second-order valence-electron chi connectivity index (χ2n) is 5.38. The maximum absolute atomic E-state index is 12.0. The van der Waals surface area contributed by atoms with Crippen LogP contribution in [0.5, 0.6) is 11.5 Å². The number of carbonyl (C=O) groups excluding carboxylic acids is 2. The van der Waals surface area contributed by atoms with Crippen molar-refractivity contribution in [3.8, 4) is 11.5 Å². The Morgan fingerprint density at radius 2 is 1.69 bits per heavy atom. The van der Waals surface area contributed by atoms with Crippen LogP contribution in [-0.2, 0) is 14.3 Å². The lowest BCUT2D eigenvalue weighted by atomic mass is 10.2. The lowest BCUT2D eigenvalue weighted by Gasteiger charge is -2.12. The van der Waals surface area contributed by atoms with Crippen LogP contribution in [0.4, 0.5) is 5.69 Å². The fourth-order valence-corrected chi connectivity index (χ4v) is 2.15. The zero-order valence-electron chi connectivity index (χ0n) is 14.9. The maximum atomic E-state index is 12.0. The Morgan fingerprint density at radius 3 is 2.35 bits per heavy atom. The van der Waals surface area contributed by atoms with Crippen LogP contribution >= 0.6 is 0 Å². The molecule has 0 radical (unpaired) electrons. The van der Waals surface area contributed by atoms with Crippen LogP contribution in [0, 0.1) is 0 Å². The number of hydrogen-bond donors (Lipinski definition) is 1. The van der Waals surface area contributed by atoms with Gasteiger partial charge in [0.15, 0.2) is 17.6 Å². The first-order valence-electron chi connectivity index (χ1n) is 8.00. The Hall–Kier alpha value is -3.28. The molecule has 0 aliphatic carbocycles. The van der Waals surface area contributed by atoms with E-state index in [1.807, 2.05) is 6.07 Å². The van der Waals surface area contributed by atoms with E-state index in [9.17, 15) is 9.59 Å². The van der Waals surface area contributed by atoms with E-state index < -0.39 is 18.0 Å². The molecular formula is C20H21NO5. The van der Waals surface area contributed by atoms with Crippen molar-refractivity contribution in [3.63, 3.8) is 0 Å². The van der Waals surface area contributed by atoms with Crippen molar-refractivity contribution in [3.05, 3.63) is 60.2 Å². The number of nitrogens with one attached hydrogen (secondary N) is 1. The lowest BCUT2D eigenvalue weighted by molar-refractivity contribution is -0.148. The molecule has 1 atom stereocenters. The molecule has 0 spiro atoms. The minimum absolute atomic E-state index is 0.399. The number of benzene rings is 2. The SMILES string of the molecule is COc1ccc(C=CC(=O)OC(C)C(=O)Nc2ccccc2)cc1OC. The van der Waals surface area contributed by atoms with Crippen molar-refractivity contribution in [2.75, 3.05) is 19.5 Å². The highest BCUT2D eigenvalue weighted by Crippen LogP contribution is 2.27. The van der Waals surface area contributed by atoms with Gasteiger partial charge in [-0.25, -0.2) is 4.79 Å². The molecule has 1 unspecified atom stereocenters. The van der Waals surface area contributed by atoms with Gasteiger partial charge < -0.3 is 19.5 Å². The van der Waals surface area contributed by atoms with Crippen LogP contribution in [0.2, 0.25) is 0 Å². The number of amides is 1. The summed E-state index contributed by atoms with van der Waals surface area (Å²) in [4.78, 5) is 23.9. The number of esters is 1. The minimum atomic E-state index is -0.919. The molecule has 0 aromatic heterocycles. The molecule has 0 heterocycles. The molecule has 0 fully saturated rings. The van der Waals surface area contributed by atoms with Gasteiger partial charge in [0, 0.05) is 11.8 Å². The van der Waals surface area contributed by atoms with Crippen molar-refractivity contribution >= 4 is 23.6 Å². The fourth-order valence-electron chi connectivity index (χ4n) is 2.15. The second-order valence-corrected chi connectivity index (χ2v) is 5.38. The summed E-state index contributed by atoms with van der Waals surface area (Å²) < 4.78 is 15.5. The van der Waals surface area contributed by atoms with Crippen molar-refractivity contribution in [1.29, 1.82) is 0 Å². The monoisotopic (exact) mass is 355 g/mol. The summed E-state index contributed by atoms with van der Waals surface area (Å²) in [5, 5.41) is 2.68. The third kappa shape index (κ3) is 5.37. The van der Waals surface area contributed by atoms with Gasteiger partial charge in [0.1, 0.15) is 0 Å². The Kier molecular flexibility index (Phi) is 6.79. The van der Waals surface area contributed by atoms with E-state index in [0.717, 1.165) is 5.56 Å². The Balaban J connectivity index is 1.93. The topological polar surface area (TPSA) is 73.9 Å². The predicted molar refractivity (Wildman–Crippen MR) is 99.2 cm³/mol. The van der Waals surface area contributed by atoms with Crippen LogP contribution in [0.1, 0.15) is 12.5 Å². The molecule has 2 aromatic carbocycles. The van der Waals surface area contributed by atoms with Gasteiger partial charge in [0.2, 0.25) is 0 Å². The Bertz CT molecular complexity index is 786. The third-order valence-corrected chi connectivity index (χ3v) is 3.52. The zero-order valence-corrected chi connectivity index (χ0v) is 14.9. The molecule has 0 saturated carbocycles. The van der Waals surface area contributed by atoms with Gasteiger partial charge in [0.25, 0.3) is 5.91 Å². The highest BCUT2D eigenvalue weighted by atomic mass is 16.5. The summed E-state index contributed by atoms with van der Waals surface area (Å²) in [6.07, 6.45) is 1.91. The third-order valence-electron chi connectivity index (χ3n) is 3.52. The van der Waals surface area contributed by atoms with Crippen molar-refractivity contribution < 1.29 is 23.8 Å². The van der Waals surface area contributed by atoms with Gasteiger partial charge in [-0.3, -0.25) is 4.79 Å². The number of anilines is 1. The van der Waals surface area contributed by atoms with Gasteiger partial charge in [-0.05, 0) is 42.8 Å². The van der Waals surface area contributed by atoms with Crippen LogP contribution in [0.15, 0.2) is 54.6 Å². The molecule has 6 heteroatoms. The number of rotatable bonds is 7. The van der Waals surface area contributed by atoms with Gasteiger partial charge in [-0.15, -0.1) is 0 Å². The Morgan fingerprint density at radius 1 is 1.00 bits per heavy atom. The maximum Gasteiger partial charge on any atom is 0.331 e. The standard InChI is InChI=1S/C20H21NO5/c1-14(20(23)21-16-7-5-4-6-8-16)26-19(22)12-10-15-9-11-17(24-2)18(13-15)25-3/h4-14H,1-3H3,(H,21,23). The first-order valence-corrected chi connectivity index (χ1v) is 8.00. The average molecular weight is 355 g/mol. The smallest absolute Gasteiger partial charge is 0.331 e. The molecule has 2 aromatic rings. The summed E-state index contributed by atoms with van der Waals surface area (Å²) in [5.41, 5.74) is 1.38. The molecule has 2 rings (SSSR count). The quantitative estimate of drug-likeness (QED) is 0.609. The molecule has 136 valence electrons. The van der Waals surface area contributed by atoms with Crippen LogP contribution < -0.4 is 14.8 Å². The van der Waals surface area contributed by atoms with Gasteiger partial charge in [-0.2, -0.15) is 0 Å². The molecule has 1 N–H and O–H groups in total. The van der Waals surface area contributed by atoms with Crippen LogP contribution in [-0.4, -0.2) is 32.2 Å². The van der Waals surface area contributed by atoms with Crippen LogP contribution in [0.3, 0.4) is 0 Å². The number of carbonyl (C=O) groups is 2. The summed E-state index contributed by atoms with van der Waals surface area (Å²) in [7, 11) is 3.08.